The number of piperazine rings is 1. The van der Waals surface area contributed by atoms with E-state index in [0.717, 1.165) is 5.56 Å². The fraction of sp³-hybridized carbons (Fsp3) is 0.333. The molecule has 0 aromatic heterocycles. The van der Waals surface area contributed by atoms with Gasteiger partial charge in [-0.1, -0.05) is 29.3 Å². The van der Waals surface area contributed by atoms with Crippen LogP contribution < -0.4 is 5.32 Å². The van der Waals surface area contributed by atoms with Crippen molar-refractivity contribution in [2.75, 3.05) is 13.1 Å². The number of amides is 2. The Kier molecular flexibility index (Phi) is 3.78. The molecule has 1 fully saturated rings. The van der Waals surface area contributed by atoms with E-state index in [-0.39, 0.29) is 30.9 Å². The number of rotatable bonds is 2. The summed E-state index contributed by atoms with van der Waals surface area (Å²) >= 11 is 11.9. The number of hydrogen-bond acceptors (Lipinski definition) is 2. The van der Waals surface area contributed by atoms with Crippen LogP contribution in [0.5, 0.6) is 0 Å². The maximum atomic E-state index is 11.8. The number of benzene rings is 1. The van der Waals surface area contributed by atoms with E-state index in [0.29, 0.717) is 10.0 Å². The minimum atomic E-state index is -0.256. The van der Waals surface area contributed by atoms with E-state index in [1.165, 1.54) is 4.90 Å². The fourth-order valence-corrected chi connectivity index (χ4v) is 2.50. The second kappa shape index (κ2) is 5.16. The predicted octanol–water partition coefficient (Wildman–Crippen LogP) is 2.01. The number of nitrogens with zero attached hydrogens (tertiary/aromatic N) is 1. The van der Waals surface area contributed by atoms with Crippen LogP contribution in [-0.2, 0) is 9.59 Å². The summed E-state index contributed by atoms with van der Waals surface area (Å²) in [7, 11) is 0. The van der Waals surface area contributed by atoms with Gasteiger partial charge in [0.05, 0.1) is 12.6 Å². The summed E-state index contributed by atoms with van der Waals surface area (Å²) in [5, 5.41) is 3.54. The number of halogens is 2. The molecule has 1 aromatic rings. The Morgan fingerprint density at radius 2 is 2.06 bits per heavy atom. The molecule has 2 rings (SSSR count). The Morgan fingerprint density at radius 1 is 1.33 bits per heavy atom. The van der Waals surface area contributed by atoms with Gasteiger partial charge in [0.2, 0.25) is 11.8 Å². The van der Waals surface area contributed by atoms with E-state index in [4.69, 9.17) is 23.2 Å². The highest BCUT2D eigenvalue weighted by Gasteiger charge is 2.28. The van der Waals surface area contributed by atoms with E-state index >= 15 is 0 Å². The van der Waals surface area contributed by atoms with Gasteiger partial charge in [0, 0.05) is 10.0 Å². The average Bonchev–Trinajstić information content (AvgIpc) is 2.31. The Labute approximate surface area is 115 Å². The topological polar surface area (TPSA) is 49.4 Å². The van der Waals surface area contributed by atoms with E-state index in [2.05, 4.69) is 5.32 Å². The SMILES string of the molecule is CC(c1ccc(Cl)cc1Cl)N1CC(=O)NCC1=O. The van der Waals surface area contributed by atoms with Crippen LogP contribution in [0.15, 0.2) is 18.2 Å². The first-order valence-electron chi connectivity index (χ1n) is 5.50. The molecule has 6 heteroatoms. The Morgan fingerprint density at radius 3 is 2.72 bits per heavy atom. The van der Waals surface area contributed by atoms with Gasteiger partial charge in [0.25, 0.3) is 0 Å². The Balaban J connectivity index is 2.26. The van der Waals surface area contributed by atoms with Gasteiger partial charge in [-0.15, -0.1) is 0 Å². The third-order valence-electron chi connectivity index (χ3n) is 2.95. The van der Waals surface area contributed by atoms with Crippen molar-refractivity contribution >= 4 is 35.0 Å². The molecule has 0 saturated carbocycles. The summed E-state index contributed by atoms with van der Waals surface area (Å²) in [4.78, 5) is 24.6. The lowest BCUT2D eigenvalue weighted by Crippen LogP contribution is -2.52. The van der Waals surface area contributed by atoms with Gasteiger partial charge in [-0.3, -0.25) is 9.59 Å². The molecule has 1 aromatic carbocycles. The fourth-order valence-electron chi connectivity index (χ4n) is 1.94. The number of carbonyl (C=O) groups is 2. The van der Waals surface area contributed by atoms with Crippen LogP contribution in [0.2, 0.25) is 10.0 Å². The minimum Gasteiger partial charge on any atom is -0.345 e. The monoisotopic (exact) mass is 286 g/mol. The van der Waals surface area contributed by atoms with Gasteiger partial charge in [-0.2, -0.15) is 0 Å². The Bertz CT molecular complexity index is 505. The zero-order valence-electron chi connectivity index (χ0n) is 9.74. The molecule has 1 heterocycles. The average molecular weight is 287 g/mol. The molecule has 1 saturated heterocycles. The zero-order chi connectivity index (χ0) is 13.3. The molecule has 2 amide bonds. The molecule has 0 aliphatic carbocycles. The van der Waals surface area contributed by atoms with Gasteiger partial charge in [-0.05, 0) is 24.6 Å². The maximum absolute atomic E-state index is 11.8. The quantitative estimate of drug-likeness (QED) is 0.904. The molecule has 1 N–H and O–H groups in total. The van der Waals surface area contributed by atoms with Gasteiger partial charge in [-0.25, -0.2) is 0 Å². The molecule has 1 atom stereocenters. The van der Waals surface area contributed by atoms with Crippen molar-refractivity contribution in [1.29, 1.82) is 0 Å². The van der Waals surface area contributed by atoms with Crippen molar-refractivity contribution in [2.45, 2.75) is 13.0 Å². The standard InChI is InChI=1S/C12H12Cl2N2O2/c1-7(9-3-2-8(13)4-10(9)14)16-6-11(17)15-5-12(16)18/h2-4,7H,5-6H2,1H3,(H,15,17). The highest BCUT2D eigenvalue weighted by Crippen LogP contribution is 2.30. The molecule has 0 radical (unpaired) electrons. The van der Waals surface area contributed by atoms with E-state index in [9.17, 15) is 9.59 Å². The number of carbonyl (C=O) groups excluding carboxylic acids is 2. The Hall–Kier alpha value is -1.26. The highest BCUT2D eigenvalue weighted by molar-refractivity contribution is 6.35. The van der Waals surface area contributed by atoms with Gasteiger partial charge in [0.15, 0.2) is 0 Å². The zero-order valence-corrected chi connectivity index (χ0v) is 11.3. The van der Waals surface area contributed by atoms with Gasteiger partial charge in [0.1, 0.15) is 6.54 Å². The summed E-state index contributed by atoms with van der Waals surface area (Å²) in [6, 6.07) is 4.86. The maximum Gasteiger partial charge on any atom is 0.242 e. The molecule has 96 valence electrons. The lowest BCUT2D eigenvalue weighted by atomic mass is 10.1. The van der Waals surface area contributed by atoms with Crippen molar-refractivity contribution in [3.05, 3.63) is 33.8 Å². The number of nitrogens with one attached hydrogen (secondary N) is 1. The number of hydrogen-bond donors (Lipinski definition) is 1. The summed E-state index contributed by atoms with van der Waals surface area (Å²) in [5.41, 5.74) is 0.782. The predicted molar refractivity (Wildman–Crippen MR) is 69.6 cm³/mol. The van der Waals surface area contributed by atoms with Crippen LogP contribution in [0.4, 0.5) is 0 Å². The van der Waals surface area contributed by atoms with Crippen LogP contribution in [0.3, 0.4) is 0 Å². The highest BCUT2D eigenvalue weighted by atomic mass is 35.5. The second-order valence-corrected chi connectivity index (χ2v) is 4.98. The van der Waals surface area contributed by atoms with Crippen LogP contribution in [-0.4, -0.2) is 29.8 Å². The molecular weight excluding hydrogens is 275 g/mol. The third-order valence-corrected chi connectivity index (χ3v) is 3.51. The van der Waals surface area contributed by atoms with Crippen molar-refractivity contribution in [3.63, 3.8) is 0 Å². The smallest absolute Gasteiger partial charge is 0.242 e. The second-order valence-electron chi connectivity index (χ2n) is 4.14. The lowest BCUT2D eigenvalue weighted by molar-refractivity contribution is -0.142. The molecule has 1 aliphatic rings. The van der Waals surface area contributed by atoms with E-state index in [1.54, 1.807) is 18.2 Å². The van der Waals surface area contributed by atoms with Gasteiger partial charge < -0.3 is 10.2 Å². The molecule has 1 unspecified atom stereocenters. The van der Waals surface area contributed by atoms with Crippen LogP contribution in [0.1, 0.15) is 18.5 Å². The molecule has 1 aliphatic heterocycles. The van der Waals surface area contributed by atoms with Crippen molar-refractivity contribution < 1.29 is 9.59 Å². The first-order valence-corrected chi connectivity index (χ1v) is 6.25. The first-order chi connectivity index (χ1) is 8.49. The largest absolute Gasteiger partial charge is 0.345 e. The van der Waals surface area contributed by atoms with E-state index in [1.807, 2.05) is 6.92 Å². The van der Waals surface area contributed by atoms with Crippen molar-refractivity contribution in [1.82, 2.24) is 10.2 Å². The molecule has 4 nitrogen and oxygen atoms in total. The van der Waals surface area contributed by atoms with Crippen LogP contribution in [0, 0.1) is 0 Å². The molecule has 0 spiro atoms. The molecule has 0 bridgehead atoms. The first kappa shape index (κ1) is 13.2. The lowest BCUT2D eigenvalue weighted by Gasteiger charge is -2.32. The normalized spacial score (nSPS) is 17.6. The van der Waals surface area contributed by atoms with Gasteiger partial charge >= 0.3 is 0 Å². The summed E-state index contributed by atoms with van der Waals surface area (Å²) in [5.74, 6) is -0.278. The molecule has 18 heavy (non-hydrogen) atoms. The summed E-state index contributed by atoms with van der Waals surface area (Å²) in [6.45, 7) is 1.93. The van der Waals surface area contributed by atoms with Crippen LogP contribution >= 0.6 is 23.2 Å². The summed E-state index contributed by atoms with van der Waals surface area (Å²) in [6.07, 6.45) is 0. The third kappa shape index (κ3) is 2.60. The molecular formula is C12H12Cl2N2O2. The van der Waals surface area contributed by atoms with Crippen molar-refractivity contribution in [3.8, 4) is 0 Å². The van der Waals surface area contributed by atoms with Crippen LogP contribution in [0.25, 0.3) is 0 Å². The summed E-state index contributed by atoms with van der Waals surface area (Å²) < 4.78 is 0. The van der Waals surface area contributed by atoms with E-state index < -0.39 is 0 Å². The minimum absolute atomic E-state index is 0.0361. The van der Waals surface area contributed by atoms with Crippen molar-refractivity contribution in [2.24, 2.45) is 0 Å².